The van der Waals surface area contributed by atoms with Crippen LogP contribution < -0.4 is 0 Å². The highest BCUT2D eigenvalue weighted by Crippen LogP contribution is 2.14. The number of carbonyl (C=O) groups is 2. The number of rotatable bonds is 23. The third-order valence-electron chi connectivity index (χ3n) is 5.81. The first kappa shape index (κ1) is 28.8. The van der Waals surface area contributed by atoms with E-state index in [-0.39, 0.29) is 5.78 Å². The zero-order valence-corrected chi connectivity index (χ0v) is 20.2. The van der Waals surface area contributed by atoms with E-state index in [4.69, 9.17) is 0 Å². The van der Waals surface area contributed by atoms with E-state index < -0.39 is 5.92 Å². The maximum Gasteiger partial charge on any atom is 0.165 e. The van der Waals surface area contributed by atoms with E-state index in [9.17, 15) is 9.59 Å². The number of allylic oxidation sites excluding steroid dienone is 4. The summed E-state index contributed by atoms with van der Waals surface area (Å²) in [6, 6.07) is 0. The summed E-state index contributed by atoms with van der Waals surface area (Å²) in [5.41, 5.74) is 0. The fourth-order valence-corrected chi connectivity index (χ4v) is 3.71. The highest BCUT2D eigenvalue weighted by atomic mass is 16.1. The van der Waals surface area contributed by atoms with Gasteiger partial charge in [0.25, 0.3) is 0 Å². The van der Waals surface area contributed by atoms with Gasteiger partial charge >= 0.3 is 0 Å². The number of ketones is 1. The Hall–Kier alpha value is -1.18. The van der Waals surface area contributed by atoms with Crippen molar-refractivity contribution in [2.24, 2.45) is 5.92 Å². The first-order valence-electron chi connectivity index (χ1n) is 13.1. The molecular formula is C28H50O2. The van der Waals surface area contributed by atoms with Crippen molar-refractivity contribution in [2.45, 2.75) is 136 Å². The Morgan fingerprint density at radius 2 is 1.07 bits per heavy atom. The van der Waals surface area contributed by atoms with Gasteiger partial charge in [0.1, 0.15) is 6.29 Å². The highest BCUT2D eigenvalue weighted by molar-refractivity contribution is 6.00. The molecule has 0 aliphatic carbocycles. The molecule has 2 nitrogen and oxygen atoms in total. The lowest BCUT2D eigenvalue weighted by molar-refractivity contribution is -0.124. The number of carbonyl (C=O) groups excluding carboxylic acids is 2. The third kappa shape index (κ3) is 20.1. The molecule has 0 spiro atoms. The molecule has 0 radical (unpaired) electrons. The summed E-state index contributed by atoms with van der Waals surface area (Å²) in [5.74, 6) is -0.432. The van der Waals surface area contributed by atoms with Crippen LogP contribution in [0, 0.1) is 5.92 Å². The van der Waals surface area contributed by atoms with E-state index in [1.807, 2.05) is 6.08 Å². The molecule has 1 atom stereocenters. The SMILES string of the molecule is CCCCC=CCCCCCCC(C=O)C(=O)C=CCCCCCCCCCCC. The Morgan fingerprint density at radius 1 is 0.600 bits per heavy atom. The summed E-state index contributed by atoms with van der Waals surface area (Å²) in [6.45, 7) is 4.48. The second-order valence-electron chi connectivity index (χ2n) is 8.77. The minimum Gasteiger partial charge on any atom is -0.303 e. The molecule has 2 heteroatoms. The van der Waals surface area contributed by atoms with Crippen LogP contribution in [-0.4, -0.2) is 12.1 Å². The molecule has 1 unspecified atom stereocenters. The molecule has 0 aliphatic heterocycles. The van der Waals surface area contributed by atoms with Crippen LogP contribution in [0.15, 0.2) is 24.3 Å². The van der Waals surface area contributed by atoms with Crippen LogP contribution in [0.4, 0.5) is 0 Å². The minimum atomic E-state index is -0.432. The van der Waals surface area contributed by atoms with Gasteiger partial charge in [-0.25, -0.2) is 0 Å². The molecule has 0 amide bonds. The van der Waals surface area contributed by atoms with E-state index in [0.717, 1.165) is 38.4 Å². The molecule has 0 N–H and O–H groups in total. The number of aldehydes is 1. The number of hydrogen-bond donors (Lipinski definition) is 0. The molecular weight excluding hydrogens is 368 g/mol. The van der Waals surface area contributed by atoms with Crippen molar-refractivity contribution in [1.82, 2.24) is 0 Å². The smallest absolute Gasteiger partial charge is 0.165 e. The summed E-state index contributed by atoms with van der Waals surface area (Å²) in [7, 11) is 0. The second kappa shape index (κ2) is 24.1. The van der Waals surface area contributed by atoms with Crippen LogP contribution in [0.3, 0.4) is 0 Å². The predicted octanol–water partition coefficient (Wildman–Crippen LogP) is 8.93. The van der Waals surface area contributed by atoms with Crippen molar-refractivity contribution in [3.8, 4) is 0 Å². The largest absolute Gasteiger partial charge is 0.303 e. The lowest BCUT2D eigenvalue weighted by Crippen LogP contribution is -2.13. The summed E-state index contributed by atoms with van der Waals surface area (Å²) < 4.78 is 0. The quantitative estimate of drug-likeness (QED) is 0.0545. The number of unbranched alkanes of at least 4 members (excludes halogenated alkanes) is 15. The molecule has 0 rings (SSSR count). The molecule has 0 aromatic carbocycles. The summed E-state index contributed by atoms with van der Waals surface area (Å²) in [4.78, 5) is 23.5. The second-order valence-corrected chi connectivity index (χ2v) is 8.77. The lowest BCUT2D eigenvalue weighted by Gasteiger charge is -2.06. The third-order valence-corrected chi connectivity index (χ3v) is 5.81. The van der Waals surface area contributed by atoms with Gasteiger partial charge in [0.15, 0.2) is 5.78 Å². The van der Waals surface area contributed by atoms with Gasteiger partial charge < -0.3 is 4.79 Å². The molecule has 0 fully saturated rings. The minimum absolute atomic E-state index is 0.000202. The Bertz CT molecular complexity index is 436. The van der Waals surface area contributed by atoms with Crippen molar-refractivity contribution >= 4 is 12.1 Å². The Labute approximate surface area is 188 Å². The zero-order chi connectivity index (χ0) is 22.1. The van der Waals surface area contributed by atoms with E-state index in [1.165, 1.54) is 83.5 Å². The molecule has 174 valence electrons. The maximum atomic E-state index is 12.2. The fraction of sp³-hybridized carbons (Fsp3) is 0.786. The maximum absolute atomic E-state index is 12.2. The van der Waals surface area contributed by atoms with Gasteiger partial charge in [-0.2, -0.15) is 0 Å². The van der Waals surface area contributed by atoms with Gasteiger partial charge in [0.2, 0.25) is 0 Å². The van der Waals surface area contributed by atoms with Crippen molar-refractivity contribution in [3.05, 3.63) is 24.3 Å². The number of hydrogen-bond acceptors (Lipinski definition) is 2. The highest BCUT2D eigenvalue weighted by Gasteiger charge is 2.13. The van der Waals surface area contributed by atoms with Gasteiger partial charge in [0, 0.05) is 0 Å². The molecule has 0 bridgehead atoms. The molecule has 0 aromatic heterocycles. The first-order valence-corrected chi connectivity index (χ1v) is 13.1. The monoisotopic (exact) mass is 418 g/mol. The van der Waals surface area contributed by atoms with Crippen LogP contribution in [-0.2, 0) is 9.59 Å². The normalized spacial score (nSPS) is 12.7. The average molecular weight is 419 g/mol. The Balaban J connectivity index is 3.63. The Morgan fingerprint density at radius 3 is 1.63 bits per heavy atom. The average Bonchev–Trinajstić information content (AvgIpc) is 2.75. The van der Waals surface area contributed by atoms with E-state index in [1.54, 1.807) is 6.08 Å². The molecule has 0 saturated heterocycles. The molecule has 0 saturated carbocycles. The van der Waals surface area contributed by atoms with Gasteiger partial charge in [-0.05, 0) is 44.6 Å². The fourth-order valence-electron chi connectivity index (χ4n) is 3.71. The van der Waals surface area contributed by atoms with Gasteiger partial charge in [0.05, 0.1) is 5.92 Å². The van der Waals surface area contributed by atoms with Gasteiger partial charge in [-0.1, -0.05) is 116 Å². The van der Waals surface area contributed by atoms with Crippen molar-refractivity contribution in [3.63, 3.8) is 0 Å². The molecule has 0 heterocycles. The molecule has 0 aliphatic rings. The van der Waals surface area contributed by atoms with Crippen molar-refractivity contribution < 1.29 is 9.59 Å². The van der Waals surface area contributed by atoms with E-state index in [0.29, 0.717) is 6.42 Å². The van der Waals surface area contributed by atoms with Gasteiger partial charge in [-0.15, -0.1) is 0 Å². The summed E-state index contributed by atoms with van der Waals surface area (Å²) >= 11 is 0. The molecule has 0 aromatic rings. The lowest BCUT2D eigenvalue weighted by atomic mass is 9.97. The topological polar surface area (TPSA) is 34.1 Å². The van der Waals surface area contributed by atoms with Crippen molar-refractivity contribution in [2.75, 3.05) is 0 Å². The van der Waals surface area contributed by atoms with Crippen LogP contribution in [0.2, 0.25) is 0 Å². The summed E-state index contributed by atoms with van der Waals surface area (Å²) in [6.07, 6.45) is 32.0. The van der Waals surface area contributed by atoms with E-state index >= 15 is 0 Å². The van der Waals surface area contributed by atoms with Gasteiger partial charge in [-0.3, -0.25) is 4.79 Å². The van der Waals surface area contributed by atoms with Crippen LogP contribution in [0.25, 0.3) is 0 Å². The van der Waals surface area contributed by atoms with Crippen LogP contribution >= 0.6 is 0 Å². The van der Waals surface area contributed by atoms with Crippen LogP contribution in [0.5, 0.6) is 0 Å². The van der Waals surface area contributed by atoms with Crippen LogP contribution in [0.1, 0.15) is 136 Å². The Kier molecular flexibility index (Phi) is 23.1. The first-order chi connectivity index (χ1) is 14.8. The van der Waals surface area contributed by atoms with E-state index in [2.05, 4.69) is 26.0 Å². The summed E-state index contributed by atoms with van der Waals surface area (Å²) in [5, 5.41) is 0. The standard InChI is InChI=1S/C28H50O2/c1-3-5-7-9-11-13-15-17-19-21-23-25-28(30)27(26-29)24-22-20-18-16-14-12-10-8-6-4-2/h10,12,23,25-27H,3-9,11,13-22,24H2,1-2H3. The zero-order valence-electron chi connectivity index (χ0n) is 20.2. The molecule has 30 heavy (non-hydrogen) atoms. The predicted molar refractivity (Wildman–Crippen MR) is 132 cm³/mol. The van der Waals surface area contributed by atoms with Crippen molar-refractivity contribution in [1.29, 1.82) is 0 Å².